The average molecular weight is 236 g/mol. The van der Waals surface area contributed by atoms with Crippen LogP contribution in [0.15, 0.2) is 12.4 Å². The molecule has 3 rings (SSSR count). The Bertz CT molecular complexity index is 396. The van der Waals surface area contributed by atoms with Crippen LogP contribution >= 0.6 is 0 Å². The molecule has 1 spiro atoms. The van der Waals surface area contributed by atoms with Crippen molar-refractivity contribution in [2.24, 2.45) is 0 Å². The monoisotopic (exact) mass is 236 g/mol. The van der Waals surface area contributed by atoms with Gasteiger partial charge in [0.2, 0.25) is 0 Å². The molecule has 94 valence electrons. The third kappa shape index (κ3) is 2.00. The summed E-state index contributed by atoms with van der Waals surface area (Å²) in [6.07, 6.45) is 9.13. The number of aromatic nitrogens is 2. The van der Waals surface area contributed by atoms with Gasteiger partial charge in [0.05, 0.1) is 23.9 Å². The second-order valence-corrected chi connectivity index (χ2v) is 5.46. The van der Waals surface area contributed by atoms with E-state index in [9.17, 15) is 5.11 Å². The van der Waals surface area contributed by atoms with Gasteiger partial charge in [-0.15, -0.1) is 0 Å². The van der Waals surface area contributed by atoms with E-state index in [4.69, 9.17) is 4.74 Å². The molecule has 1 saturated carbocycles. The molecule has 0 amide bonds. The summed E-state index contributed by atoms with van der Waals surface area (Å²) in [7, 11) is 0. The molecule has 17 heavy (non-hydrogen) atoms. The van der Waals surface area contributed by atoms with Crippen LogP contribution in [-0.2, 0) is 4.74 Å². The van der Waals surface area contributed by atoms with Crippen LogP contribution in [0.3, 0.4) is 0 Å². The Kier molecular flexibility index (Phi) is 2.71. The molecule has 2 atom stereocenters. The molecule has 1 N–H and O–H groups in total. The molecule has 2 unspecified atom stereocenters. The Morgan fingerprint density at radius 1 is 1.59 bits per heavy atom. The molecule has 1 saturated heterocycles. The molecular weight excluding hydrogens is 216 g/mol. The summed E-state index contributed by atoms with van der Waals surface area (Å²) in [4.78, 5) is 0. The Morgan fingerprint density at radius 3 is 3.00 bits per heavy atom. The van der Waals surface area contributed by atoms with Crippen molar-refractivity contribution in [2.45, 2.75) is 56.8 Å². The molecular formula is C13H20N2O2. The maximum Gasteiger partial charge on any atom is 0.0792 e. The fourth-order valence-electron chi connectivity index (χ4n) is 2.92. The van der Waals surface area contributed by atoms with Gasteiger partial charge in [0.25, 0.3) is 0 Å². The van der Waals surface area contributed by atoms with E-state index in [2.05, 4.69) is 5.10 Å². The van der Waals surface area contributed by atoms with Crippen molar-refractivity contribution in [3.63, 3.8) is 0 Å². The number of hydrogen-bond acceptors (Lipinski definition) is 3. The van der Waals surface area contributed by atoms with Crippen LogP contribution < -0.4 is 0 Å². The second-order valence-electron chi connectivity index (χ2n) is 5.46. The summed E-state index contributed by atoms with van der Waals surface area (Å²) >= 11 is 0. The van der Waals surface area contributed by atoms with Crippen LogP contribution in [0.2, 0.25) is 0 Å². The minimum atomic E-state index is -0.429. The first-order chi connectivity index (χ1) is 8.19. The van der Waals surface area contributed by atoms with Gasteiger partial charge in [0.1, 0.15) is 0 Å². The van der Waals surface area contributed by atoms with E-state index in [1.54, 1.807) is 13.1 Å². The highest BCUT2D eigenvalue weighted by Crippen LogP contribution is 2.45. The molecule has 0 aromatic carbocycles. The van der Waals surface area contributed by atoms with Gasteiger partial charge in [-0.2, -0.15) is 5.10 Å². The number of aliphatic hydroxyl groups is 1. The van der Waals surface area contributed by atoms with Crippen LogP contribution in [0.5, 0.6) is 0 Å². The number of aliphatic hydroxyl groups excluding tert-OH is 1. The number of rotatable bonds is 2. The van der Waals surface area contributed by atoms with E-state index < -0.39 is 6.10 Å². The van der Waals surface area contributed by atoms with Gasteiger partial charge in [-0.05, 0) is 39.0 Å². The van der Waals surface area contributed by atoms with Gasteiger partial charge < -0.3 is 9.84 Å². The van der Waals surface area contributed by atoms with E-state index in [0.717, 1.165) is 25.0 Å². The highest BCUT2D eigenvalue weighted by Gasteiger charge is 2.43. The van der Waals surface area contributed by atoms with Gasteiger partial charge in [-0.1, -0.05) is 0 Å². The highest BCUT2D eigenvalue weighted by molar-refractivity contribution is 5.08. The van der Waals surface area contributed by atoms with Crippen molar-refractivity contribution in [3.05, 3.63) is 18.0 Å². The zero-order chi connectivity index (χ0) is 11.9. The molecule has 2 aliphatic rings. The van der Waals surface area contributed by atoms with Crippen molar-refractivity contribution < 1.29 is 9.84 Å². The molecule has 1 aromatic heterocycles. The first kappa shape index (κ1) is 11.2. The predicted octanol–water partition coefficient (Wildman–Crippen LogP) is 2.21. The van der Waals surface area contributed by atoms with Crippen LogP contribution in [0.4, 0.5) is 0 Å². The molecule has 4 heteroatoms. The Hall–Kier alpha value is -0.870. The van der Waals surface area contributed by atoms with Crippen molar-refractivity contribution >= 4 is 0 Å². The van der Waals surface area contributed by atoms with E-state index in [0.29, 0.717) is 6.04 Å². The summed E-state index contributed by atoms with van der Waals surface area (Å²) in [6, 6.07) is 0.441. The highest BCUT2D eigenvalue weighted by atomic mass is 16.5. The minimum absolute atomic E-state index is 0.153. The zero-order valence-corrected chi connectivity index (χ0v) is 10.3. The Balaban J connectivity index is 1.74. The van der Waals surface area contributed by atoms with Crippen LogP contribution in [0, 0.1) is 0 Å². The van der Waals surface area contributed by atoms with Crippen LogP contribution in [-0.4, -0.2) is 27.1 Å². The second kappa shape index (κ2) is 4.10. The molecule has 0 radical (unpaired) electrons. The van der Waals surface area contributed by atoms with Gasteiger partial charge in [0.15, 0.2) is 0 Å². The Morgan fingerprint density at radius 2 is 2.41 bits per heavy atom. The normalized spacial score (nSPS) is 28.9. The minimum Gasteiger partial charge on any atom is -0.389 e. The fourth-order valence-corrected chi connectivity index (χ4v) is 2.92. The number of ether oxygens (including phenoxy) is 1. The molecule has 2 heterocycles. The zero-order valence-electron chi connectivity index (χ0n) is 10.3. The lowest BCUT2D eigenvalue weighted by molar-refractivity contribution is -0.141. The smallest absolute Gasteiger partial charge is 0.0792 e. The van der Waals surface area contributed by atoms with Gasteiger partial charge >= 0.3 is 0 Å². The van der Waals surface area contributed by atoms with E-state index >= 15 is 0 Å². The standard InChI is InChI=1S/C13H20N2O2/c1-10(16)11-8-14-15(9-11)12-3-6-17-13(7-12)4-2-5-13/h8-10,12,16H,2-7H2,1H3. The van der Waals surface area contributed by atoms with E-state index in [-0.39, 0.29) is 5.60 Å². The molecule has 0 bridgehead atoms. The average Bonchev–Trinajstić information content (AvgIpc) is 2.76. The van der Waals surface area contributed by atoms with Gasteiger partial charge in [-0.25, -0.2) is 0 Å². The fraction of sp³-hybridized carbons (Fsp3) is 0.769. The SMILES string of the molecule is CC(O)c1cnn(C2CCOC3(CCC3)C2)c1. The first-order valence-electron chi connectivity index (χ1n) is 6.55. The lowest BCUT2D eigenvalue weighted by atomic mass is 9.74. The molecule has 2 fully saturated rings. The van der Waals surface area contributed by atoms with Gasteiger partial charge in [0, 0.05) is 18.4 Å². The topological polar surface area (TPSA) is 47.3 Å². The van der Waals surface area contributed by atoms with E-state index in [1.807, 2.05) is 10.9 Å². The number of hydrogen-bond donors (Lipinski definition) is 1. The van der Waals surface area contributed by atoms with Gasteiger partial charge in [-0.3, -0.25) is 4.68 Å². The molecule has 1 aromatic rings. The third-order valence-corrected chi connectivity index (χ3v) is 4.21. The van der Waals surface area contributed by atoms with Crippen LogP contribution in [0.25, 0.3) is 0 Å². The predicted molar refractivity (Wildman–Crippen MR) is 63.7 cm³/mol. The van der Waals surface area contributed by atoms with Crippen LogP contribution in [0.1, 0.15) is 56.7 Å². The molecule has 4 nitrogen and oxygen atoms in total. The van der Waals surface area contributed by atoms with E-state index in [1.165, 1.54) is 19.3 Å². The summed E-state index contributed by atoms with van der Waals surface area (Å²) in [5, 5.41) is 13.9. The summed E-state index contributed by atoms with van der Waals surface area (Å²) in [5.74, 6) is 0. The molecule has 1 aliphatic carbocycles. The van der Waals surface area contributed by atoms with Crippen molar-refractivity contribution in [2.75, 3.05) is 6.61 Å². The Labute approximate surface area is 102 Å². The first-order valence-corrected chi connectivity index (χ1v) is 6.55. The summed E-state index contributed by atoms with van der Waals surface area (Å²) in [5.41, 5.74) is 1.05. The maximum absolute atomic E-state index is 9.52. The summed E-state index contributed by atoms with van der Waals surface area (Å²) in [6.45, 7) is 2.62. The lowest BCUT2D eigenvalue weighted by Crippen LogP contribution is -2.46. The third-order valence-electron chi connectivity index (χ3n) is 4.21. The summed E-state index contributed by atoms with van der Waals surface area (Å²) < 4.78 is 7.94. The van der Waals surface area contributed by atoms with Crippen molar-refractivity contribution in [1.82, 2.24) is 9.78 Å². The van der Waals surface area contributed by atoms with Crippen molar-refractivity contribution in [1.29, 1.82) is 0 Å². The lowest BCUT2D eigenvalue weighted by Gasteiger charge is -2.47. The van der Waals surface area contributed by atoms with Crippen molar-refractivity contribution in [3.8, 4) is 0 Å². The number of nitrogens with zero attached hydrogens (tertiary/aromatic N) is 2. The largest absolute Gasteiger partial charge is 0.389 e. The maximum atomic E-state index is 9.52. The quantitative estimate of drug-likeness (QED) is 0.856. The molecule has 1 aliphatic heterocycles.